The van der Waals surface area contributed by atoms with Gasteiger partial charge in [-0.15, -0.1) is 0 Å². The highest BCUT2D eigenvalue weighted by atomic mass is 16.6. The number of hydrogen-bond donors (Lipinski definition) is 1. The monoisotopic (exact) mass is 222 g/mol. The van der Waals surface area contributed by atoms with Crippen molar-refractivity contribution in [3.8, 4) is 5.75 Å². The lowest BCUT2D eigenvalue weighted by atomic mass is 10.0. The van der Waals surface area contributed by atoms with Gasteiger partial charge in [0.15, 0.2) is 0 Å². The van der Waals surface area contributed by atoms with E-state index in [4.69, 9.17) is 9.47 Å². The maximum absolute atomic E-state index is 9.63. The summed E-state index contributed by atoms with van der Waals surface area (Å²) >= 11 is 0. The fourth-order valence-electron chi connectivity index (χ4n) is 1.86. The molecule has 0 aromatic heterocycles. The van der Waals surface area contributed by atoms with E-state index < -0.39 is 6.10 Å². The van der Waals surface area contributed by atoms with Crippen molar-refractivity contribution < 1.29 is 14.6 Å². The average molecular weight is 222 g/mol. The van der Waals surface area contributed by atoms with Gasteiger partial charge in [-0.25, -0.2) is 0 Å². The second kappa shape index (κ2) is 4.85. The van der Waals surface area contributed by atoms with Crippen LogP contribution in [0.15, 0.2) is 24.3 Å². The summed E-state index contributed by atoms with van der Waals surface area (Å²) in [4.78, 5) is 0. The Morgan fingerprint density at radius 2 is 2.06 bits per heavy atom. The van der Waals surface area contributed by atoms with Gasteiger partial charge in [0.2, 0.25) is 0 Å². The number of rotatable bonds is 3. The molecule has 0 saturated carbocycles. The second-order valence-electron chi connectivity index (χ2n) is 4.45. The molecule has 1 aliphatic rings. The van der Waals surface area contributed by atoms with Gasteiger partial charge in [0.05, 0.1) is 13.2 Å². The van der Waals surface area contributed by atoms with Crippen molar-refractivity contribution in [3.63, 3.8) is 0 Å². The molecule has 0 aliphatic carbocycles. The van der Waals surface area contributed by atoms with Gasteiger partial charge in [0, 0.05) is 0 Å². The molecule has 1 aromatic carbocycles. The first-order chi connectivity index (χ1) is 7.68. The Kier molecular flexibility index (Phi) is 3.46. The molecule has 2 atom stereocenters. The number of para-hydroxylation sites is 1. The molecule has 3 nitrogen and oxygen atoms in total. The Balaban J connectivity index is 2.14. The van der Waals surface area contributed by atoms with E-state index in [-0.39, 0.29) is 6.10 Å². The van der Waals surface area contributed by atoms with Crippen molar-refractivity contribution in [3.05, 3.63) is 29.8 Å². The van der Waals surface area contributed by atoms with Crippen LogP contribution in [0.5, 0.6) is 5.75 Å². The normalized spacial score (nSPS) is 25.0. The quantitative estimate of drug-likeness (QED) is 0.849. The van der Waals surface area contributed by atoms with Crippen molar-refractivity contribution in [2.45, 2.75) is 32.0 Å². The molecule has 1 N–H and O–H groups in total. The molecular weight excluding hydrogens is 204 g/mol. The molecule has 1 aromatic rings. The number of aliphatic hydroxyl groups is 1. The van der Waals surface area contributed by atoms with Crippen LogP contribution in [0, 0.1) is 0 Å². The van der Waals surface area contributed by atoms with E-state index in [1.165, 1.54) is 5.56 Å². The van der Waals surface area contributed by atoms with E-state index in [1.54, 1.807) is 0 Å². The Morgan fingerprint density at radius 3 is 2.69 bits per heavy atom. The molecule has 2 rings (SSSR count). The van der Waals surface area contributed by atoms with Crippen LogP contribution in [0.1, 0.15) is 25.3 Å². The number of ether oxygens (including phenoxy) is 2. The predicted octanol–water partition coefficient (Wildman–Crippen LogP) is 1.95. The number of aliphatic hydroxyl groups excluding tert-OH is 1. The van der Waals surface area contributed by atoms with Gasteiger partial charge in [-0.1, -0.05) is 32.0 Å². The van der Waals surface area contributed by atoms with Gasteiger partial charge in [0.1, 0.15) is 18.0 Å². The van der Waals surface area contributed by atoms with Gasteiger partial charge in [-0.05, 0) is 17.5 Å². The van der Waals surface area contributed by atoms with Crippen LogP contribution in [0.3, 0.4) is 0 Å². The molecule has 3 heteroatoms. The SMILES string of the molecule is CC(C)c1ccccc1O[C@H]1COC[C@@H]1O. The molecule has 1 aliphatic heterocycles. The summed E-state index contributed by atoms with van der Waals surface area (Å²) in [6.45, 7) is 5.09. The van der Waals surface area contributed by atoms with E-state index in [9.17, 15) is 5.11 Å². The van der Waals surface area contributed by atoms with Crippen molar-refractivity contribution in [2.75, 3.05) is 13.2 Å². The molecule has 0 bridgehead atoms. The highest BCUT2D eigenvalue weighted by molar-refractivity contribution is 5.35. The first-order valence-corrected chi connectivity index (χ1v) is 5.70. The van der Waals surface area contributed by atoms with E-state index in [2.05, 4.69) is 19.9 Å². The van der Waals surface area contributed by atoms with Crippen molar-refractivity contribution in [1.29, 1.82) is 0 Å². The molecule has 0 spiro atoms. The Hall–Kier alpha value is -1.06. The van der Waals surface area contributed by atoms with Crippen LogP contribution in [0.25, 0.3) is 0 Å². The third-order valence-corrected chi connectivity index (χ3v) is 2.82. The summed E-state index contributed by atoms with van der Waals surface area (Å²) in [5.74, 6) is 1.27. The molecule has 0 amide bonds. The smallest absolute Gasteiger partial charge is 0.150 e. The maximum Gasteiger partial charge on any atom is 0.150 e. The minimum Gasteiger partial charge on any atom is -0.485 e. The lowest BCUT2D eigenvalue weighted by Gasteiger charge is -2.19. The van der Waals surface area contributed by atoms with E-state index in [0.717, 1.165) is 5.75 Å². The maximum atomic E-state index is 9.63. The van der Waals surface area contributed by atoms with E-state index >= 15 is 0 Å². The van der Waals surface area contributed by atoms with E-state index in [0.29, 0.717) is 19.1 Å². The molecule has 16 heavy (non-hydrogen) atoms. The van der Waals surface area contributed by atoms with Crippen LogP contribution in [-0.2, 0) is 4.74 Å². The summed E-state index contributed by atoms with van der Waals surface area (Å²) in [5.41, 5.74) is 1.17. The fourth-order valence-corrected chi connectivity index (χ4v) is 1.86. The average Bonchev–Trinajstić information content (AvgIpc) is 2.65. The summed E-state index contributed by atoms with van der Waals surface area (Å²) in [5, 5.41) is 9.63. The Morgan fingerprint density at radius 1 is 1.31 bits per heavy atom. The standard InChI is InChI=1S/C13H18O3/c1-9(2)10-5-3-4-6-12(10)16-13-8-15-7-11(13)14/h3-6,9,11,13-14H,7-8H2,1-2H3/t11-,13-/m0/s1. The van der Waals surface area contributed by atoms with Gasteiger partial charge >= 0.3 is 0 Å². The zero-order valence-electron chi connectivity index (χ0n) is 9.72. The van der Waals surface area contributed by atoms with Crippen molar-refractivity contribution >= 4 is 0 Å². The Bertz CT molecular complexity index is 349. The third kappa shape index (κ3) is 2.36. The molecule has 0 unspecified atom stereocenters. The summed E-state index contributed by atoms with van der Waals surface area (Å²) in [6.07, 6.45) is -0.750. The summed E-state index contributed by atoms with van der Waals surface area (Å²) in [7, 11) is 0. The lowest BCUT2D eigenvalue weighted by molar-refractivity contribution is 0.0726. The Labute approximate surface area is 96.0 Å². The molecular formula is C13H18O3. The lowest BCUT2D eigenvalue weighted by Crippen LogP contribution is -2.30. The predicted molar refractivity (Wildman–Crippen MR) is 61.8 cm³/mol. The van der Waals surface area contributed by atoms with Crippen molar-refractivity contribution in [2.24, 2.45) is 0 Å². The zero-order chi connectivity index (χ0) is 11.5. The van der Waals surface area contributed by atoms with Gasteiger partial charge in [0.25, 0.3) is 0 Å². The highest BCUT2D eigenvalue weighted by Crippen LogP contribution is 2.27. The molecule has 1 heterocycles. The largest absolute Gasteiger partial charge is 0.485 e. The first kappa shape index (κ1) is 11.4. The summed E-state index contributed by atoms with van der Waals surface area (Å²) in [6, 6.07) is 7.95. The minimum atomic E-state index is -0.514. The minimum absolute atomic E-state index is 0.236. The third-order valence-electron chi connectivity index (χ3n) is 2.82. The number of hydrogen-bond acceptors (Lipinski definition) is 3. The van der Waals surface area contributed by atoms with Crippen LogP contribution in [-0.4, -0.2) is 30.5 Å². The van der Waals surface area contributed by atoms with Crippen LogP contribution < -0.4 is 4.74 Å². The van der Waals surface area contributed by atoms with Crippen LogP contribution in [0.2, 0.25) is 0 Å². The van der Waals surface area contributed by atoms with Gasteiger partial charge < -0.3 is 14.6 Å². The zero-order valence-corrected chi connectivity index (χ0v) is 9.72. The number of benzene rings is 1. The molecule has 88 valence electrons. The van der Waals surface area contributed by atoms with Crippen molar-refractivity contribution in [1.82, 2.24) is 0 Å². The van der Waals surface area contributed by atoms with Crippen LogP contribution in [0.4, 0.5) is 0 Å². The molecule has 0 radical (unpaired) electrons. The van der Waals surface area contributed by atoms with Crippen LogP contribution >= 0.6 is 0 Å². The molecule has 1 saturated heterocycles. The fraction of sp³-hybridized carbons (Fsp3) is 0.538. The second-order valence-corrected chi connectivity index (χ2v) is 4.45. The summed E-state index contributed by atoms with van der Waals surface area (Å²) < 4.78 is 11.0. The first-order valence-electron chi connectivity index (χ1n) is 5.70. The molecule has 1 fully saturated rings. The highest BCUT2D eigenvalue weighted by Gasteiger charge is 2.28. The van der Waals surface area contributed by atoms with Gasteiger partial charge in [-0.3, -0.25) is 0 Å². The van der Waals surface area contributed by atoms with E-state index in [1.807, 2.05) is 18.2 Å². The van der Waals surface area contributed by atoms with Gasteiger partial charge in [-0.2, -0.15) is 0 Å². The topological polar surface area (TPSA) is 38.7 Å².